The predicted molar refractivity (Wildman–Crippen MR) is 94.4 cm³/mol. The van der Waals surface area contributed by atoms with Crippen molar-refractivity contribution in [3.63, 3.8) is 0 Å². The molecular formula is C20H23FN2O. The first-order valence-corrected chi connectivity index (χ1v) is 8.47. The Kier molecular flexibility index (Phi) is 4.84. The molecule has 0 amide bonds. The molecule has 0 saturated heterocycles. The lowest BCUT2D eigenvalue weighted by Crippen LogP contribution is -2.09. The summed E-state index contributed by atoms with van der Waals surface area (Å²) in [6.45, 7) is 7.32. The summed E-state index contributed by atoms with van der Waals surface area (Å²) in [5, 5.41) is 4.52. The van der Waals surface area contributed by atoms with E-state index < -0.39 is 0 Å². The standard InChI is InChI=1S/C20H23FN2O/c1-4-23-19(16-7-5-6-15(12-16)14(2)3)13-20(22-23)24-18-10-8-17(21)9-11-18/h5,7-15H,4,6H2,1-3H3. The van der Waals surface area contributed by atoms with Gasteiger partial charge in [-0.3, -0.25) is 4.68 Å². The lowest BCUT2D eigenvalue weighted by atomic mass is 9.86. The number of hydrogen-bond donors (Lipinski definition) is 0. The minimum Gasteiger partial charge on any atom is -0.438 e. The lowest BCUT2D eigenvalue weighted by molar-refractivity contribution is 0.448. The van der Waals surface area contributed by atoms with Crippen LogP contribution in [0.25, 0.3) is 5.57 Å². The van der Waals surface area contributed by atoms with Crippen molar-refractivity contribution in [2.45, 2.75) is 33.7 Å². The van der Waals surface area contributed by atoms with E-state index in [2.05, 4.69) is 44.1 Å². The van der Waals surface area contributed by atoms with Crippen LogP contribution < -0.4 is 4.74 Å². The Balaban J connectivity index is 1.87. The summed E-state index contributed by atoms with van der Waals surface area (Å²) in [7, 11) is 0. The van der Waals surface area contributed by atoms with Gasteiger partial charge in [0.15, 0.2) is 0 Å². The van der Waals surface area contributed by atoms with Gasteiger partial charge < -0.3 is 4.74 Å². The number of rotatable bonds is 5. The van der Waals surface area contributed by atoms with Crippen molar-refractivity contribution in [3.05, 3.63) is 60.1 Å². The molecule has 1 aliphatic carbocycles. The fourth-order valence-electron chi connectivity index (χ4n) is 2.88. The zero-order valence-corrected chi connectivity index (χ0v) is 14.4. The predicted octanol–water partition coefficient (Wildman–Crippen LogP) is 5.45. The maximum absolute atomic E-state index is 13.0. The zero-order chi connectivity index (χ0) is 17.1. The molecule has 4 heteroatoms. The van der Waals surface area contributed by atoms with Crippen LogP contribution in [-0.2, 0) is 6.54 Å². The van der Waals surface area contributed by atoms with Crippen molar-refractivity contribution in [1.82, 2.24) is 9.78 Å². The Labute approximate surface area is 142 Å². The highest BCUT2D eigenvalue weighted by Gasteiger charge is 2.17. The van der Waals surface area contributed by atoms with Crippen LogP contribution in [0.5, 0.6) is 11.6 Å². The van der Waals surface area contributed by atoms with Crippen LogP contribution in [0.1, 0.15) is 32.9 Å². The summed E-state index contributed by atoms with van der Waals surface area (Å²) in [5.41, 5.74) is 2.24. The van der Waals surface area contributed by atoms with E-state index in [4.69, 9.17) is 4.74 Å². The third-order valence-electron chi connectivity index (χ3n) is 4.34. The molecule has 1 aliphatic rings. The molecule has 24 heavy (non-hydrogen) atoms. The van der Waals surface area contributed by atoms with Gasteiger partial charge in [-0.15, -0.1) is 5.10 Å². The Bertz CT molecular complexity index is 756. The van der Waals surface area contributed by atoms with Crippen molar-refractivity contribution in [1.29, 1.82) is 0 Å². The molecule has 1 aromatic heterocycles. The van der Waals surface area contributed by atoms with Crippen LogP contribution in [0.2, 0.25) is 0 Å². The Morgan fingerprint density at radius 3 is 2.71 bits per heavy atom. The van der Waals surface area contributed by atoms with Crippen molar-refractivity contribution < 1.29 is 9.13 Å². The highest BCUT2D eigenvalue weighted by molar-refractivity contribution is 5.73. The maximum Gasteiger partial charge on any atom is 0.238 e. The minimum atomic E-state index is -0.278. The second-order valence-electron chi connectivity index (χ2n) is 6.41. The van der Waals surface area contributed by atoms with Gasteiger partial charge in [0, 0.05) is 12.6 Å². The van der Waals surface area contributed by atoms with E-state index in [1.54, 1.807) is 12.1 Å². The summed E-state index contributed by atoms with van der Waals surface area (Å²) < 4.78 is 20.7. The minimum absolute atomic E-state index is 0.278. The van der Waals surface area contributed by atoms with Gasteiger partial charge in [0.1, 0.15) is 11.6 Å². The topological polar surface area (TPSA) is 27.1 Å². The highest BCUT2D eigenvalue weighted by Crippen LogP contribution is 2.31. The number of ether oxygens (including phenoxy) is 1. The molecule has 0 bridgehead atoms. The van der Waals surface area contributed by atoms with Crippen LogP contribution in [0, 0.1) is 17.7 Å². The maximum atomic E-state index is 13.0. The van der Waals surface area contributed by atoms with E-state index in [9.17, 15) is 4.39 Å². The number of nitrogens with zero attached hydrogens (tertiary/aromatic N) is 2. The third-order valence-corrected chi connectivity index (χ3v) is 4.34. The van der Waals surface area contributed by atoms with E-state index >= 15 is 0 Å². The largest absolute Gasteiger partial charge is 0.438 e. The van der Waals surface area contributed by atoms with E-state index in [0.29, 0.717) is 23.5 Å². The van der Waals surface area contributed by atoms with Gasteiger partial charge in [0.2, 0.25) is 5.88 Å². The number of allylic oxidation sites excluding steroid dienone is 4. The molecule has 126 valence electrons. The summed E-state index contributed by atoms with van der Waals surface area (Å²) in [5.74, 6) is 1.99. The molecule has 0 fully saturated rings. The molecular weight excluding hydrogens is 303 g/mol. The number of aryl methyl sites for hydroxylation is 1. The summed E-state index contributed by atoms with van der Waals surface area (Å²) in [6, 6.07) is 7.92. The number of halogens is 1. The monoisotopic (exact) mass is 326 g/mol. The fourth-order valence-corrected chi connectivity index (χ4v) is 2.88. The van der Waals surface area contributed by atoms with E-state index in [1.165, 1.54) is 17.7 Å². The normalized spacial score (nSPS) is 17.2. The summed E-state index contributed by atoms with van der Waals surface area (Å²) in [6.07, 6.45) is 7.80. The fraction of sp³-hybridized carbons (Fsp3) is 0.350. The first-order chi connectivity index (χ1) is 11.6. The van der Waals surface area contributed by atoms with Crippen LogP contribution in [0.3, 0.4) is 0 Å². The molecule has 0 spiro atoms. The van der Waals surface area contributed by atoms with Crippen LogP contribution >= 0.6 is 0 Å². The van der Waals surface area contributed by atoms with Crippen LogP contribution in [-0.4, -0.2) is 9.78 Å². The zero-order valence-electron chi connectivity index (χ0n) is 14.4. The van der Waals surface area contributed by atoms with Crippen molar-refractivity contribution in [3.8, 4) is 11.6 Å². The second kappa shape index (κ2) is 7.04. The molecule has 0 radical (unpaired) electrons. The van der Waals surface area contributed by atoms with Crippen molar-refractivity contribution in [2.75, 3.05) is 0 Å². The number of hydrogen-bond acceptors (Lipinski definition) is 2. The van der Waals surface area contributed by atoms with Gasteiger partial charge in [-0.25, -0.2) is 4.39 Å². The highest BCUT2D eigenvalue weighted by atomic mass is 19.1. The summed E-state index contributed by atoms with van der Waals surface area (Å²) in [4.78, 5) is 0. The lowest BCUT2D eigenvalue weighted by Gasteiger charge is -2.20. The molecule has 3 nitrogen and oxygen atoms in total. The molecule has 0 aliphatic heterocycles. The number of aromatic nitrogens is 2. The van der Waals surface area contributed by atoms with E-state index in [-0.39, 0.29) is 5.82 Å². The van der Waals surface area contributed by atoms with Gasteiger partial charge in [0.05, 0.1) is 5.69 Å². The van der Waals surface area contributed by atoms with Crippen molar-refractivity contribution in [2.24, 2.45) is 11.8 Å². The molecule has 3 rings (SSSR count). The van der Waals surface area contributed by atoms with Gasteiger partial charge >= 0.3 is 0 Å². The Hall–Kier alpha value is -2.36. The van der Waals surface area contributed by atoms with Crippen LogP contribution in [0.4, 0.5) is 4.39 Å². The van der Waals surface area contributed by atoms with Gasteiger partial charge in [-0.05, 0) is 55.0 Å². The average Bonchev–Trinajstić information content (AvgIpc) is 3.00. The van der Waals surface area contributed by atoms with Gasteiger partial charge in [0.25, 0.3) is 0 Å². The second-order valence-corrected chi connectivity index (χ2v) is 6.41. The van der Waals surface area contributed by atoms with Crippen molar-refractivity contribution >= 4 is 5.57 Å². The summed E-state index contributed by atoms with van der Waals surface area (Å²) >= 11 is 0. The smallest absolute Gasteiger partial charge is 0.238 e. The quantitative estimate of drug-likeness (QED) is 0.730. The molecule has 0 N–H and O–H groups in total. The molecule has 1 unspecified atom stereocenters. The van der Waals surface area contributed by atoms with Gasteiger partial charge in [-0.2, -0.15) is 0 Å². The first kappa shape index (κ1) is 16.5. The SMILES string of the molecule is CCn1nc(Oc2ccc(F)cc2)cc1C1=CC(C(C)C)CC=C1. The Morgan fingerprint density at radius 2 is 2.04 bits per heavy atom. The number of benzene rings is 1. The van der Waals surface area contributed by atoms with E-state index in [0.717, 1.165) is 18.7 Å². The molecule has 2 aromatic rings. The molecule has 1 heterocycles. The Morgan fingerprint density at radius 1 is 1.29 bits per heavy atom. The van der Waals surface area contributed by atoms with E-state index in [1.807, 2.05) is 10.7 Å². The molecule has 1 atom stereocenters. The average molecular weight is 326 g/mol. The van der Waals surface area contributed by atoms with Gasteiger partial charge in [-0.1, -0.05) is 32.1 Å². The molecule has 0 saturated carbocycles. The van der Waals surface area contributed by atoms with Crippen LogP contribution in [0.15, 0.2) is 48.6 Å². The third kappa shape index (κ3) is 3.58. The molecule has 1 aromatic carbocycles. The first-order valence-electron chi connectivity index (χ1n) is 8.47.